The van der Waals surface area contributed by atoms with E-state index in [0.29, 0.717) is 0 Å². The molecule has 4 nitrogen and oxygen atoms in total. The van der Waals surface area contributed by atoms with Crippen molar-refractivity contribution in [2.75, 3.05) is 6.54 Å². The van der Waals surface area contributed by atoms with Gasteiger partial charge in [-0.05, 0) is 29.7 Å². The highest BCUT2D eigenvalue weighted by atomic mass is 32.1. The first-order valence-corrected chi connectivity index (χ1v) is 9.62. The minimum absolute atomic E-state index is 0.773. The van der Waals surface area contributed by atoms with Gasteiger partial charge >= 0.3 is 0 Å². The summed E-state index contributed by atoms with van der Waals surface area (Å²) >= 11 is 1.89. The van der Waals surface area contributed by atoms with E-state index in [1.807, 2.05) is 35.9 Å². The highest BCUT2D eigenvalue weighted by molar-refractivity contribution is 7.19. The van der Waals surface area contributed by atoms with Gasteiger partial charge in [-0.1, -0.05) is 18.2 Å². The van der Waals surface area contributed by atoms with Crippen molar-refractivity contribution in [2.45, 2.75) is 19.5 Å². The molecule has 5 heteroatoms. The Morgan fingerprint density at radius 1 is 1.08 bits per heavy atom. The molecule has 0 aliphatic carbocycles. The largest absolute Gasteiger partial charge is 0.293 e. The molecule has 4 heterocycles. The summed E-state index contributed by atoms with van der Waals surface area (Å²) in [5, 5.41) is 1.34. The Kier molecular flexibility index (Phi) is 3.96. The molecule has 1 aromatic carbocycles. The second kappa shape index (κ2) is 6.59. The summed E-state index contributed by atoms with van der Waals surface area (Å²) in [6.07, 6.45) is 6.55. The van der Waals surface area contributed by atoms with Crippen LogP contribution < -0.4 is 0 Å². The lowest BCUT2D eigenvalue weighted by atomic mass is 10.1. The number of benzene rings is 1. The molecule has 0 saturated carbocycles. The lowest BCUT2D eigenvalue weighted by Crippen LogP contribution is -2.30. The normalized spacial score (nSPS) is 14.5. The molecule has 0 amide bonds. The first-order valence-electron chi connectivity index (χ1n) is 8.80. The first kappa shape index (κ1) is 15.6. The molecule has 0 saturated heterocycles. The minimum Gasteiger partial charge on any atom is -0.293 e. The Labute approximate surface area is 156 Å². The molecule has 0 fully saturated rings. The number of nitrogens with zero attached hydrogens (tertiary/aromatic N) is 4. The lowest BCUT2D eigenvalue weighted by Gasteiger charge is -2.27. The molecule has 3 aromatic heterocycles. The number of thiophene rings is 1. The molecule has 1 aliphatic heterocycles. The van der Waals surface area contributed by atoms with Gasteiger partial charge in [0, 0.05) is 65.3 Å². The zero-order chi connectivity index (χ0) is 17.3. The molecule has 1 aliphatic rings. The van der Waals surface area contributed by atoms with Gasteiger partial charge in [-0.25, -0.2) is 9.97 Å². The van der Waals surface area contributed by atoms with Crippen LogP contribution in [-0.2, 0) is 19.5 Å². The maximum atomic E-state index is 4.78. The second-order valence-electron chi connectivity index (χ2n) is 6.62. The molecular formula is C21H18N4S. The Morgan fingerprint density at radius 2 is 2.04 bits per heavy atom. The van der Waals surface area contributed by atoms with Gasteiger partial charge in [0.15, 0.2) is 5.82 Å². The van der Waals surface area contributed by atoms with Gasteiger partial charge < -0.3 is 0 Å². The minimum atomic E-state index is 0.773. The highest BCUT2D eigenvalue weighted by Gasteiger charge is 2.19. The van der Waals surface area contributed by atoms with Crippen molar-refractivity contribution in [3.8, 4) is 11.4 Å². The van der Waals surface area contributed by atoms with Gasteiger partial charge in [-0.15, -0.1) is 11.3 Å². The molecule has 0 spiro atoms. The molecule has 0 radical (unpaired) electrons. The van der Waals surface area contributed by atoms with Crippen molar-refractivity contribution in [1.82, 2.24) is 19.9 Å². The van der Waals surface area contributed by atoms with Gasteiger partial charge in [0.1, 0.15) is 0 Å². The number of rotatable bonds is 3. The maximum Gasteiger partial charge on any atom is 0.160 e. The standard InChI is InChI=1S/C21H18N4S/c1-2-6-20-15(4-1)10-18(26-20)14-25-9-7-19-17(13-25)12-23-21(24-19)16-5-3-8-22-11-16/h1-6,8,10-12H,7,9,13-14H2. The van der Waals surface area contributed by atoms with E-state index >= 15 is 0 Å². The molecule has 0 atom stereocenters. The van der Waals surface area contributed by atoms with Crippen molar-refractivity contribution >= 4 is 21.4 Å². The lowest BCUT2D eigenvalue weighted by molar-refractivity contribution is 0.245. The van der Waals surface area contributed by atoms with Gasteiger partial charge in [0.2, 0.25) is 0 Å². The van der Waals surface area contributed by atoms with E-state index in [9.17, 15) is 0 Å². The van der Waals surface area contributed by atoms with Crippen LogP contribution in [0.15, 0.2) is 61.1 Å². The van der Waals surface area contributed by atoms with Crippen LogP contribution in [0.5, 0.6) is 0 Å². The van der Waals surface area contributed by atoms with E-state index in [1.54, 1.807) is 6.20 Å². The van der Waals surface area contributed by atoms with Crippen molar-refractivity contribution in [3.05, 3.63) is 77.2 Å². The summed E-state index contributed by atoms with van der Waals surface area (Å²) in [5.74, 6) is 0.773. The van der Waals surface area contributed by atoms with Crippen LogP contribution in [0.1, 0.15) is 16.1 Å². The molecule has 5 rings (SSSR count). The Balaban J connectivity index is 1.35. The van der Waals surface area contributed by atoms with Crippen LogP contribution in [0.3, 0.4) is 0 Å². The van der Waals surface area contributed by atoms with Crippen LogP contribution in [0, 0.1) is 0 Å². The number of fused-ring (bicyclic) bond motifs is 2. The van der Waals surface area contributed by atoms with Crippen LogP contribution in [0.4, 0.5) is 0 Å². The van der Waals surface area contributed by atoms with Crippen LogP contribution >= 0.6 is 11.3 Å². The number of hydrogen-bond donors (Lipinski definition) is 0. The van der Waals surface area contributed by atoms with E-state index in [2.05, 4.69) is 45.2 Å². The zero-order valence-electron chi connectivity index (χ0n) is 14.3. The third kappa shape index (κ3) is 3.00. The zero-order valence-corrected chi connectivity index (χ0v) is 15.1. The number of pyridine rings is 1. The first-order chi connectivity index (χ1) is 12.8. The maximum absolute atomic E-state index is 4.78. The van der Waals surface area contributed by atoms with E-state index in [1.165, 1.54) is 26.2 Å². The molecule has 26 heavy (non-hydrogen) atoms. The van der Waals surface area contributed by atoms with Gasteiger partial charge in [0.05, 0.1) is 5.69 Å². The third-order valence-electron chi connectivity index (χ3n) is 4.79. The Bertz CT molecular complexity index is 1030. The number of hydrogen-bond acceptors (Lipinski definition) is 5. The van der Waals surface area contributed by atoms with Gasteiger partial charge in [-0.3, -0.25) is 9.88 Å². The molecular weight excluding hydrogens is 340 g/mol. The van der Waals surface area contributed by atoms with E-state index in [4.69, 9.17) is 4.98 Å². The van der Waals surface area contributed by atoms with Gasteiger partial charge in [-0.2, -0.15) is 0 Å². The summed E-state index contributed by atoms with van der Waals surface area (Å²) < 4.78 is 1.37. The predicted octanol–water partition coefficient (Wildman–Crippen LogP) is 4.31. The topological polar surface area (TPSA) is 41.9 Å². The Morgan fingerprint density at radius 3 is 2.92 bits per heavy atom. The summed E-state index contributed by atoms with van der Waals surface area (Å²) in [7, 11) is 0. The van der Waals surface area contributed by atoms with Crippen molar-refractivity contribution in [2.24, 2.45) is 0 Å². The second-order valence-corrected chi connectivity index (χ2v) is 7.79. The van der Waals surface area contributed by atoms with E-state index in [-0.39, 0.29) is 0 Å². The molecule has 4 aromatic rings. The summed E-state index contributed by atoms with van der Waals surface area (Å²) in [6.45, 7) is 2.94. The molecule has 0 N–H and O–H groups in total. The smallest absolute Gasteiger partial charge is 0.160 e. The van der Waals surface area contributed by atoms with Crippen LogP contribution in [0.25, 0.3) is 21.5 Å². The van der Waals surface area contributed by atoms with Crippen molar-refractivity contribution in [3.63, 3.8) is 0 Å². The Hall–Kier alpha value is -2.63. The molecule has 128 valence electrons. The summed E-state index contributed by atoms with van der Waals surface area (Å²) in [6, 6.07) is 14.8. The SMILES string of the molecule is c1cncc(-c2ncc3c(n2)CCN(Cc2cc4ccccc4s2)C3)c1. The number of aromatic nitrogens is 3. The highest BCUT2D eigenvalue weighted by Crippen LogP contribution is 2.28. The fourth-order valence-electron chi connectivity index (χ4n) is 3.48. The fourth-order valence-corrected chi connectivity index (χ4v) is 4.59. The van der Waals surface area contributed by atoms with Crippen molar-refractivity contribution in [1.29, 1.82) is 0 Å². The summed E-state index contributed by atoms with van der Waals surface area (Å²) in [4.78, 5) is 17.4. The third-order valence-corrected chi connectivity index (χ3v) is 5.89. The molecule has 0 bridgehead atoms. The predicted molar refractivity (Wildman–Crippen MR) is 105 cm³/mol. The van der Waals surface area contributed by atoms with Crippen LogP contribution in [0.2, 0.25) is 0 Å². The van der Waals surface area contributed by atoms with Crippen LogP contribution in [-0.4, -0.2) is 26.4 Å². The van der Waals surface area contributed by atoms with E-state index in [0.717, 1.165) is 37.4 Å². The fraction of sp³-hybridized carbons (Fsp3) is 0.190. The quantitative estimate of drug-likeness (QED) is 0.547. The summed E-state index contributed by atoms with van der Waals surface area (Å²) in [5.41, 5.74) is 3.39. The monoisotopic (exact) mass is 358 g/mol. The average molecular weight is 358 g/mol. The average Bonchev–Trinajstić information content (AvgIpc) is 3.10. The molecule has 0 unspecified atom stereocenters. The van der Waals surface area contributed by atoms with E-state index < -0.39 is 0 Å². The van der Waals surface area contributed by atoms with Gasteiger partial charge in [0.25, 0.3) is 0 Å². The van der Waals surface area contributed by atoms with Crippen molar-refractivity contribution < 1.29 is 0 Å².